The van der Waals surface area contributed by atoms with E-state index in [1.54, 1.807) is 26.6 Å². The predicted molar refractivity (Wildman–Crippen MR) is 141 cm³/mol. The number of rotatable bonds is 15. The molecule has 0 amide bonds. The Morgan fingerprint density at radius 1 is 0.722 bits per heavy atom. The van der Waals surface area contributed by atoms with Gasteiger partial charge in [0.15, 0.2) is 11.6 Å². The molecular weight excluding hydrogens is 626 g/mol. The first-order chi connectivity index (χ1) is 16.5. The number of carbonyl (C=O) groups is 2. The van der Waals surface area contributed by atoms with E-state index in [0.29, 0.717) is 22.7 Å². The number of ether oxygens (including phenoxy) is 2. The molecule has 36 heavy (non-hydrogen) atoms. The summed E-state index contributed by atoms with van der Waals surface area (Å²) >= 11 is 0. The minimum absolute atomic E-state index is 0. The monoisotopic (exact) mass is 662 g/mol. The van der Waals surface area contributed by atoms with Crippen LogP contribution in [0, 0.1) is 0 Å². The van der Waals surface area contributed by atoms with Crippen molar-refractivity contribution in [3.63, 3.8) is 0 Å². The summed E-state index contributed by atoms with van der Waals surface area (Å²) in [5.74, 6) is 1.07. The predicted octanol–water partition coefficient (Wildman–Crippen LogP) is 0.203. The van der Waals surface area contributed by atoms with E-state index >= 15 is 0 Å². The first-order valence-electron chi connectivity index (χ1n) is 11.6. The van der Waals surface area contributed by atoms with Crippen molar-refractivity contribution >= 4 is 31.4 Å². The summed E-state index contributed by atoms with van der Waals surface area (Å²) in [6, 6.07) is 0. The van der Waals surface area contributed by atoms with E-state index in [0.717, 1.165) is 63.3 Å². The molecule has 0 aromatic rings. The van der Waals surface area contributed by atoms with E-state index in [-0.39, 0.29) is 55.3 Å². The van der Waals surface area contributed by atoms with Crippen molar-refractivity contribution in [3.05, 3.63) is 81.1 Å². The van der Waals surface area contributed by atoms with Gasteiger partial charge in [-0.1, -0.05) is 12.8 Å². The van der Waals surface area contributed by atoms with E-state index in [2.05, 4.69) is 21.3 Å². The van der Waals surface area contributed by atoms with Crippen molar-refractivity contribution in [3.8, 4) is 0 Å². The average Bonchev–Trinajstić information content (AvgIpc) is 2.81. The fourth-order valence-electron chi connectivity index (χ4n) is 3.37. The standard InChI is InChI=1S/C26H36N4O4.Ga.HI/c1-19-13-21(33-3)15-25(31)23(19)17-29-9-5-7-27-11-12-28-8-6-10-30-18-24-20(2)14-22(34-4)16-26(24)32;;/h13-18,29-30H,5-12H2,1-4H3;;1H/q-2;+3;/p-1/b23-17-,24-18+;;/i;1-3;. The van der Waals surface area contributed by atoms with Crippen LogP contribution >= 0.6 is 0 Å². The van der Waals surface area contributed by atoms with Gasteiger partial charge in [-0.15, -0.1) is 13.1 Å². The summed E-state index contributed by atoms with van der Waals surface area (Å²) < 4.78 is 10.2. The summed E-state index contributed by atoms with van der Waals surface area (Å²) in [6.07, 6.45) is 12.0. The molecule has 2 rings (SSSR count). The topological polar surface area (TPSA) is 105 Å². The van der Waals surface area contributed by atoms with Crippen molar-refractivity contribution in [1.29, 1.82) is 0 Å². The van der Waals surface area contributed by atoms with Crippen LogP contribution in [0.5, 0.6) is 0 Å². The summed E-state index contributed by atoms with van der Waals surface area (Å²) in [4.78, 5) is 24.2. The molecule has 2 aliphatic carbocycles. The number of ketones is 2. The minimum atomic E-state index is -0.0465. The molecule has 2 N–H and O–H groups in total. The number of carbonyl (C=O) groups excluding carboxylic acids is 2. The first kappa shape index (κ1) is 34.3. The molecule has 8 nitrogen and oxygen atoms in total. The molecule has 10 heteroatoms. The maximum absolute atomic E-state index is 12.1. The molecule has 2 aliphatic rings. The van der Waals surface area contributed by atoms with E-state index in [4.69, 9.17) is 9.47 Å². The quantitative estimate of drug-likeness (QED) is 0.113. The van der Waals surface area contributed by atoms with Gasteiger partial charge in [0.05, 0.1) is 14.2 Å². The van der Waals surface area contributed by atoms with E-state index < -0.39 is 0 Å². The third-order valence-corrected chi connectivity index (χ3v) is 5.30. The molecule has 0 aromatic heterocycles. The molecule has 0 bridgehead atoms. The minimum Gasteiger partial charge on any atom is -1.00 e. The van der Waals surface area contributed by atoms with Crippen LogP contribution in [0.1, 0.15) is 26.7 Å². The average molecular weight is 662 g/mol. The molecule has 0 atom stereocenters. The second-order valence-corrected chi connectivity index (χ2v) is 7.96. The van der Waals surface area contributed by atoms with Gasteiger partial charge in [-0.25, -0.2) is 0 Å². The van der Waals surface area contributed by atoms with Crippen LogP contribution in [0.25, 0.3) is 10.6 Å². The van der Waals surface area contributed by atoms with Gasteiger partial charge in [0.25, 0.3) is 0 Å². The van der Waals surface area contributed by atoms with E-state index in [9.17, 15) is 9.59 Å². The third kappa shape index (κ3) is 12.0. The van der Waals surface area contributed by atoms with Gasteiger partial charge in [0.1, 0.15) is 11.5 Å². The number of methoxy groups -OCH3 is 2. The molecule has 194 valence electrons. The van der Waals surface area contributed by atoms with Crippen molar-refractivity contribution in [1.82, 2.24) is 10.6 Å². The van der Waals surface area contributed by atoms with Crippen molar-refractivity contribution < 1.29 is 43.0 Å². The van der Waals surface area contributed by atoms with Crippen LogP contribution in [0.3, 0.4) is 0 Å². The van der Waals surface area contributed by atoms with E-state index in [1.165, 1.54) is 12.2 Å². The molecule has 0 unspecified atom stereocenters. The molecule has 0 radical (unpaired) electrons. The molecule has 0 saturated carbocycles. The van der Waals surface area contributed by atoms with Gasteiger partial charge in [0, 0.05) is 48.8 Å². The fraction of sp³-hybridized carbons (Fsp3) is 0.462. The van der Waals surface area contributed by atoms with Gasteiger partial charge in [-0.05, 0) is 37.1 Å². The Hall–Kier alpha value is -1.73. The fourth-order valence-corrected chi connectivity index (χ4v) is 3.37. The summed E-state index contributed by atoms with van der Waals surface area (Å²) in [5, 5.41) is 15.4. The van der Waals surface area contributed by atoms with Gasteiger partial charge >= 0.3 is 19.8 Å². The van der Waals surface area contributed by atoms with Gasteiger partial charge in [0.2, 0.25) is 0 Å². The largest absolute Gasteiger partial charge is 3.00 e. The van der Waals surface area contributed by atoms with Crippen molar-refractivity contribution in [2.24, 2.45) is 0 Å². The zero-order valence-electron chi connectivity index (χ0n) is 21.6. The van der Waals surface area contributed by atoms with Crippen LogP contribution in [-0.2, 0) is 19.1 Å². The molecule has 0 fully saturated rings. The normalized spacial score (nSPS) is 17.3. The summed E-state index contributed by atoms with van der Waals surface area (Å²) in [7, 11) is 3.11. The maximum atomic E-state index is 12.1. The number of allylic oxidation sites excluding steroid dienone is 8. The molecule has 0 spiro atoms. The number of nitrogens with one attached hydrogen (secondary N) is 2. The zero-order valence-corrected chi connectivity index (χ0v) is 26.2. The van der Waals surface area contributed by atoms with Crippen LogP contribution in [0.2, 0.25) is 0 Å². The third-order valence-electron chi connectivity index (χ3n) is 5.30. The summed E-state index contributed by atoms with van der Waals surface area (Å²) in [6.45, 7) is 8.27. The Morgan fingerprint density at radius 2 is 1.11 bits per heavy atom. The number of hydrogen-bond acceptors (Lipinski definition) is 6. The number of halogens is 1. The maximum Gasteiger partial charge on any atom is 3.00 e. The number of hydrogen-bond donors (Lipinski definition) is 2. The Morgan fingerprint density at radius 3 is 1.44 bits per heavy atom. The van der Waals surface area contributed by atoms with Crippen LogP contribution < -0.4 is 34.6 Å². The summed E-state index contributed by atoms with van der Waals surface area (Å²) in [5.41, 5.74) is 3.11. The van der Waals surface area contributed by atoms with Crippen LogP contribution in [0.15, 0.2) is 70.5 Å². The Balaban J connectivity index is 0.00000612. The van der Waals surface area contributed by atoms with Crippen molar-refractivity contribution in [2.45, 2.75) is 26.7 Å². The second kappa shape index (κ2) is 19.4. The van der Waals surface area contributed by atoms with Gasteiger partial charge in [-0.2, -0.15) is 13.1 Å². The van der Waals surface area contributed by atoms with Gasteiger partial charge in [-0.3, -0.25) is 9.59 Å². The Kier molecular flexibility index (Phi) is 18.5. The Bertz CT molecular complexity index is 849. The second-order valence-electron chi connectivity index (χ2n) is 7.96. The molecule has 0 aliphatic heterocycles. The SMILES string of the molecule is COC1=CC(=O)/C(=C\NCCC[N-]CC[N-]CCCN/C=C2/C(=O)C=C(OC)C=C2C)C(C)=C1.[67Ga+3].[I-]. The Labute approximate surface area is 245 Å². The van der Waals surface area contributed by atoms with Crippen LogP contribution in [-0.4, -0.2) is 84.8 Å². The van der Waals surface area contributed by atoms with Gasteiger partial charge < -0.3 is 54.7 Å². The van der Waals surface area contributed by atoms with Crippen LogP contribution in [0.4, 0.5) is 0 Å². The molecule has 0 heterocycles. The molecular formula is C26H36GaIN4O4. The molecule has 0 aromatic carbocycles. The first-order valence-corrected chi connectivity index (χ1v) is 11.6. The zero-order chi connectivity index (χ0) is 24.8. The number of nitrogens with zero attached hydrogens (tertiary/aromatic N) is 2. The van der Waals surface area contributed by atoms with E-state index in [1.807, 2.05) is 26.0 Å². The smallest absolute Gasteiger partial charge is 1.00 e. The van der Waals surface area contributed by atoms with Crippen molar-refractivity contribution in [2.75, 3.05) is 53.5 Å². The molecule has 0 saturated heterocycles.